The van der Waals surface area contributed by atoms with Crippen LogP contribution in [0, 0.1) is 13.8 Å². The van der Waals surface area contributed by atoms with E-state index in [2.05, 4.69) is 77.5 Å². The summed E-state index contributed by atoms with van der Waals surface area (Å²) in [7, 11) is 1.81. The van der Waals surface area contributed by atoms with Gasteiger partial charge in [0, 0.05) is 38.0 Å². The van der Waals surface area contributed by atoms with Crippen LogP contribution in [0.15, 0.2) is 29.3 Å². The van der Waals surface area contributed by atoms with E-state index in [1.165, 1.54) is 21.0 Å². The average molecular weight is 516 g/mol. The van der Waals surface area contributed by atoms with Gasteiger partial charge in [0.25, 0.3) is 0 Å². The lowest BCUT2D eigenvalue weighted by Crippen LogP contribution is -2.38. The smallest absolute Gasteiger partial charge is 0.191 e. The monoisotopic (exact) mass is 515 g/mol. The fourth-order valence-corrected chi connectivity index (χ4v) is 3.84. The van der Waals surface area contributed by atoms with E-state index >= 15 is 0 Å². The molecular weight excluding hydrogens is 481 g/mol. The van der Waals surface area contributed by atoms with E-state index < -0.39 is 0 Å². The van der Waals surface area contributed by atoms with Crippen LogP contribution in [0.2, 0.25) is 0 Å². The maximum absolute atomic E-state index is 4.60. The molecule has 156 valence electrons. The summed E-state index contributed by atoms with van der Waals surface area (Å²) in [6.45, 7) is 13.3. The Hall–Kier alpha value is -1.19. The molecule has 0 fully saturated rings. The molecule has 2 aromatic rings. The first kappa shape index (κ1) is 24.8. The number of hydrogen-bond donors (Lipinski definition) is 2. The lowest BCUT2D eigenvalue weighted by atomic mass is 10.1. The Kier molecular flexibility index (Phi) is 11.6. The van der Waals surface area contributed by atoms with Gasteiger partial charge in [0.15, 0.2) is 5.96 Å². The molecule has 0 saturated carbocycles. The molecule has 7 heteroatoms. The van der Waals surface area contributed by atoms with E-state index in [-0.39, 0.29) is 24.0 Å². The third kappa shape index (κ3) is 7.67. The van der Waals surface area contributed by atoms with Crippen LogP contribution < -0.4 is 10.6 Å². The zero-order valence-electron chi connectivity index (χ0n) is 17.7. The zero-order valence-corrected chi connectivity index (χ0v) is 20.9. The van der Waals surface area contributed by atoms with Crippen LogP contribution in [0.5, 0.6) is 0 Å². The summed E-state index contributed by atoms with van der Waals surface area (Å²) in [4.78, 5) is 12.7. The van der Waals surface area contributed by atoms with Gasteiger partial charge in [-0.25, -0.2) is 4.98 Å². The van der Waals surface area contributed by atoms with Gasteiger partial charge in [0.2, 0.25) is 0 Å². The lowest BCUT2D eigenvalue weighted by molar-refractivity contribution is 0.295. The van der Waals surface area contributed by atoms with Crippen molar-refractivity contribution in [1.82, 2.24) is 20.5 Å². The Labute approximate surface area is 191 Å². The molecule has 28 heavy (non-hydrogen) atoms. The second-order valence-electron chi connectivity index (χ2n) is 6.58. The largest absolute Gasteiger partial charge is 0.356 e. The molecule has 1 aromatic carbocycles. The molecule has 0 aliphatic carbocycles. The van der Waals surface area contributed by atoms with E-state index in [0.29, 0.717) is 0 Å². The maximum Gasteiger partial charge on any atom is 0.191 e. The fourth-order valence-electron chi connectivity index (χ4n) is 2.91. The highest BCUT2D eigenvalue weighted by molar-refractivity contribution is 14.0. The summed E-state index contributed by atoms with van der Waals surface area (Å²) in [6, 6.07) is 8.64. The number of hydrogen-bond acceptors (Lipinski definition) is 4. The molecule has 0 amide bonds. The van der Waals surface area contributed by atoms with Crippen LogP contribution in [0.3, 0.4) is 0 Å². The van der Waals surface area contributed by atoms with Crippen molar-refractivity contribution in [3.63, 3.8) is 0 Å². The predicted molar refractivity (Wildman–Crippen MR) is 132 cm³/mol. The van der Waals surface area contributed by atoms with Crippen LogP contribution in [0.1, 0.15) is 40.6 Å². The topological polar surface area (TPSA) is 52.5 Å². The maximum atomic E-state index is 4.60. The fraction of sp³-hybridized carbons (Fsp3) is 0.524. The van der Waals surface area contributed by atoms with E-state index in [1.807, 2.05) is 7.05 Å². The molecule has 0 saturated heterocycles. The number of benzene rings is 1. The Morgan fingerprint density at radius 1 is 1.11 bits per heavy atom. The molecule has 0 aliphatic rings. The third-order valence-corrected chi connectivity index (χ3v) is 5.91. The van der Waals surface area contributed by atoms with Gasteiger partial charge in [-0.3, -0.25) is 9.89 Å². The predicted octanol–water partition coefficient (Wildman–Crippen LogP) is 4.13. The van der Waals surface area contributed by atoms with Gasteiger partial charge in [-0.05, 0) is 38.1 Å². The highest BCUT2D eigenvalue weighted by Crippen LogP contribution is 2.16. The molecule has 0 spiro atoms. The number of rotatable bonds is 9. The molecule has 0 atom stereocenters. The lowest BCUT2D eigenvalue weighted by Gasteiger charge is -2.20. The normalized spacial score (nSPS) is 11.4. The second-order valence-corrected chi connectivity index (χ2v) is 7.87. The highest BCUT2D eigenvalue weighted by Gasteiger charge is 2.08. The number of guanidine groups is 1. The molecule has 2 rings (SSSR count). The minimum Gasteiger partial charge on any atom is -0.356 e. The molecule has 1 aromatic heterocycles. The number of aromatic nitrogens is 1. The molecular formula is C21H34IN5S. The number of thiazole rings is 1. The van der Waals surface area contributed by atoms with Crippen molar-refractivity contribution in [3.05, 3.63) is 51.0 Å². The number of aliphatic imine (C=N–C) groups is 1. The van der Waals surface area contributed by atoms with Crippen molar-refractivity contribution in [2.24, 2.45) is 4.99 Å². The highest BCUT2D eigenvalue weighted by atomic mass is 127. The molecule has 0 unspecified atom stereocenters. The van der Waals surface area contributed by atoms with Gasteiger partial charge >= 0.3 is 0 Å². The summed E-state index contributed by atoms with van der Waals surface area (Å²) in [6.07, 6.45) is 0.915. The minimum atomic E-state index is 0. The summed E-state index contributed by atoms with van der Waals surface area (Å²) in [5, 5.41) is 8.01. The summed E-state index contributed by atoms with van der Waals surface area (Å²) in [5.41, 5.74) is 3.83. The van der Waals surface area contributed by atoms with Gasteiger partial charge in [-0.1, -0.05) is 38.1 Å². The molecule has 0 aliphatic heterocycles. The van der Waals surface area contributed by atoms with Crippen molar-refractivity contribution in [3.8, 4) is 0 Å². The van der Waals surface area contributed by atoms with Gasteiger partial charge in [-0.15, -0.1) is 35.3 Å². The van der Waals surface area contributed by atoms with E-state index in [0.717, 1.165) is 50.8 Å². The van der Waals surface area contributed by atoms with Crippen LogP contribution in [0.4, 0.5) is 0 Å². The molecule has 5 nitrogen and oxygen atoms in total. The SMILES string of the molecule is CCN(CC)Cc1ccccc1CNC(=NC)NCCc1nc(C)c(C)s1.I. The van der Waals surface area contributed by atoms with E-state index in [9.17, 15) is 0 Å². The molecule has 1 heterocycles. The number of aryl methyl sites for hydroxylation is 2. The number of nitrogens with zero attached hydrogens (tertiary/aromatic N) is 3. The van der Waals surface area contributed by atoms with Crippen molar-refractivity contribution >= 4 is 41.3 Å². The van der Waals surface area contributed by atoms with Gasteiger partial charge in [0.1, 0.15) is 0 Å². The molecule has 0 bridgehead atoms. The van der Waals surface area contributed by atoms with Gasteiger partial charge in [-0.2, -0.15) is 0 Å². The van der Waals surface area contributed by atoms with Gasteiger partial charge < -0.3 is 10.6 Å². The minimum absolute atomic E-state index is 0. The third-order valence-electron chi connectivity index (χ3n) is 4.78. The first-order chi connectivity index (χ1) is 13.1. The first-order valence-corrected chi connectivity index (χ1v) is 10.6. The van der Waals surface area contributed by atoms with E-state index in [4.69, 9.17) is 0 Å². The van der Waals surface area contributed by atoms with Crippen LogP contribution in [-0.2, 0) is 19.5 Å². The zero-order chi connectivity index (χ0) is 19.6. The van der Waals surface area contributed by atoms with Crippen LogP contribution >= 0.6 is 35.3 Å². The Morgan fingerprint density at radius 3 is 2.36 bits per heavy atom. The summed E-state index contributed by atoms with van der Waals surface area (Å²) >= 11 is 1.78. The summed E-state index contributed by atoms with van der Waals surface area (Å²) < 4.78 is 0. The van der Waals surface area contributed by atoms with Gasteiger partial charge in [0.05, 0.1) is 10.7 Å². The standard InChI is InChI=1S/C21H33N5S.HI/c1-6-26(7-2)15-19-11-9-8-10-18(19)14-24-21(22-5)23-13-12-20-25-16(3)17(4)27-20;/h8-11H,6-7,12-15H2,1-5H3,(H2,22,23,24);1H. The second kappa shape index (κ2) is 13.1. The summed E-state index contributed by atoms with van der Waals surface area (Å²) in [5.74, 6) is 0.831. The Morgan fingerprint density at radius 2 is 1.79 bits per heavy atom. The number of halogens is 1. The average Bonchev–Trinajstić information content (AvgIpc) is 3.00. The quantitative estimate of drug-likeness (QED) is 0.300. The van der Waals surface area contributed by atoms with Crippen molar-refractivity contribution in [2.75, 3.05) is 26.7 Å². The molecule has 2 N–H and O–H groups in total. The van der Waals surface area contributed by atoms with Crippen molar-refractivity contribution < 1.29 is 0 Å². The first-order valence-electron chi connectivity index (χ1n) is 9.73. The molecule has 0 radical (unpaired) electrons. The van der Waals surface area contributed by atoms with E-state index in [1.54, 1.807) is 11.3 Å². The van der Waals surface area contributed by atoms with Crippen molar-refractivity contribution in [2.45, 2.75) is 47.2 Å². The Balaban J connectivity index is 0.00000392. The van der Waals surface area contributed by atoms with Crippen LogP contribution in [0.25, 0.3) is 0 Å². The Bertz CT molecular complexity index is 721. The van der Waals surface area contributed by atoms with Crippen molar-refractivity contribution in [1.29, 1.82) is 0 Å². The number of nitrogens with one attached hydrogen (secondary N) is 2. The van der Waals surface area contributed by atoms with Crippen LogP contribution in [-0.4, -0.2) is 42.5 Å².